The van der Waals surface area contributed by atoms with Crippen molar-refractivity contribution in [3.05, 3.63) is 202 Å². The number of morpholine rings is 2. The van der Waals surface area contributed by atoms with Crippen molar-refractivity contribution in [2.45, 2.75) is 86.5 Å². The van der Waals surface area contributed by atoms with Gasteiger partial charge in [-0.2, -0.15) is 0 Å². The molecule has 4 nitrogen and oxygen atoms in total. The Morgan fingerprint density at radius 3 is 1.27 bits per heavy atom. The Bertz CT molecular complexity index is 2020. The quantitative estimate of drug-likeness (QED) is 0.0971. The third-order valence-corrected chi connectivity index (χ3v) is 13.3. The van der Waals surface area contributed by atoms with Crippen LogP contribution in [0.4, 0.5) is 0 Å². The molecule has 8 rings (SSSR count). The lowest BCUT2D eigenvalue weighted by Crippen LogP contribution is -2.45. The van der Waals surface area contributed by atoms with E-state index in [1.165, 1.54) is 54.3 Å². The normalized spacial score (nSPS) is 18.7. The van der Waals surface area contributed by atoms with Gasteiger partial charge in [-0.05, 0) is 69.5 Å². The van der Waals surface area contributed by atoms with E-state index in [4.69, 9.17) is 9.47 Å². The Morgan fingerprint density at radius 1 is 0.492 bits per heavy atom. The average molecular weight is 801 g/mol. The first kappa shape index (κ1) is 41.3. The van der Waals surface area contributed by atoms with Gasteiger partial charge in [0.15, 0.2) is 0 Å². The maximum absolute atomic E-state index is 6.78. The summed E-state index contributed by atoms with van der Waals surface area (Å²) in [6, 6.07) is 58.1. The van der Waals surface area contributed by atoms with Crippen LogP contribution in [-0.4, -0.2) is 61.4 Å². The minimum Gasteiger partial charge on any atom is -0.375 e. The lowest BCUT2D eigenvalue weighted by atomic mass is 9.82. The fourth-order valence-corrected chi connectivity index (χ4v) is 10.7. The molecule has 6 aromatic rings. The predicted octanol–water partition coefficient (Wildman–Crippen LogP) is 11.8. The fourth-order valence-electron chi connectivity index (χ4n) is 9.44. The standard InChI is InChI=1S/C54H60N2O2S/c1-3-19-45-47(53(43-25-13-7-14-26-43)49-39-55(33-35-57-49)37-41-21-9-5-10-22-41)29-17-31-51(45)59-52-32-18-30-48(46(52)20-4-2)54(44-27-15-8-16-28-44)50-40-56(34-36-58-50)38-42-23-11-6-12-24-42/h5-18,21-32,49-50,53-54H,3-4,19-20,33-40H2,1-2H3/t49-,50-,53+,54?/m1/s1. The molecule has 2 aliphatic rings. The molecule has 2 saturated heterocycles. The molecule has 2 heterocycles. The van der Waals surface area contributed by atoms with Gasteiger partial charge in [-0.1, -0.05) is 184 Å². The van der Waals surface area contributed by atoms with Crippen LogP contribution in [0.3, 0.4) is 0 Å². The first-order chi connectivity index (χ1) is 29.2. The van der Waals surface area contributed by atoms with Gasteiger partial charge in [0.25, 0.3) is 0 Å². The first-order valence-electron chi connectivity index (χ1n) is 22.0. The average Bonchev–Trinajstić information content (AvgIpc) is 3.28. The zero-order chi connectivity index (χ0) is 40.2. The topological polar surface area (TPSA) is 24.9 Å². The van der Waals surface area contributed by atoms with Gasteiger partial charge in [-0.25, -0.2) is 0 Å². The van der Waals surface area contributed by atoms with Crippen LogP contribution in [0.25, 0.3) is 0 Å². The largest absolute Gasteiger partial charge is 0.375 e. The number of rotatable bonds is 16. The molecule has 0 aromatic heterocycles. The highest BCUT2D eigenvalue weighted by Gasteiger charge is 2.34. The first-order valence-corrected chi connectivity index (χ1v) is 22.8. The summed E-state index contributed by atoms with van der Waals surface area (Å²) in [7, 11) is 0. The summed E-state index contributed by atoms with van der Waals surface area (Å²) in [5, 5.41) is 0. The highest BCUT2D eigenvalue weighted by molar-refractivity contribution is 7.99. The summed E-state index contributed by atoms with van der Waals surface area (Å²) < 4.78 is 13.6. The number of hydrogen-bond acceptors (Lipinski definition) is 5. The molecule has 2 aliphatic heterocycles. The molecule has 0 N–H and O–H groups in total. The van der Waals surface area contributed by atoms with Crippen molar-refractivity contribution < 1.29 is 9.47 Å². The second-order valence-electron chi connectivity index (χ2n) is 16.3. The summed E-state index contributed by atoms with van der Waals surface area (Å²) >= 11 is 1.97. The highest BCUT2D eigenvalue weighted by atomic mass is 32.2. The number of nitrogens with zero attached hydrogens (tertiary/aromatic N) is 2. The van der Waals surface area contributed by atoms with Crippen LogP contribution in [-0.2, 0) is 35.4 Å². The SMILES string of the molecule is CCCc1c(Sc2cccc([C@H](c3ccccc3)[C@H]3CN(Cc4ccccc4)CCO3)c2CCC)cccc1C(c1ccccc1)[C@H]1CN(Cc2ccccc2)CCO1. The molecule has 4 atom stereocenters. The van der Waals surface area contributed by atoms with Crippen LogP contribution in [0.1, 0.15) is 83.0 Å². The van der Waals surface area contributed by atoms with Crippen molar-refractivity contribution in [3.63, 3.8) is 0 Å². The smallest absolute Gasteiger partial charge is 0.0811 e. The molecular weight excluding hydrogens is 741 g/mol. The second-order valence-corrected chi connectivity index (χ2v) is 17.4. The molecular formula is C54H60N2O2S. The van der Waals surface area contributed by atoms with Crippen LogP contribution >= 0.6 is 11.8 Å². The molecule has 59 heavy (non-hydrogen) atoms. The van der Waals surface area contributed by atoms with Crippen LogP contribution in [0.2, 0.25) is 0 Å². The Kier molecular flexibility index (Phi) is 14.4. The van der Waals surface area contributed by atoms with Gasteiger partial charge in [-0.15, -0.1) is 0 Å². The molecule has 0 radical (unpaired) electrons. The molecule has 1 unspecified atom stereocenters. The molecule has 0 bridgehead atoms. The molecule has 0 saturated carbocycles. The molecule has 2 fully saturated rings. The van der Waals surface area contributed by atoms with Crippen LogP contribution < -0.4 is 0 Å². The van der Waals surface area contributed by atoms with E-state index in [1.54, 1.807) is 0 Å². The summed E-state index contributed by atoms with van der Waals surface area (Å²) in [6.45, 7) is 11.7. The second kappa shape index (κ2) is 20.7. The van der Waals surface area contributed by atoms with Crippen LogP contribution in [0.15, 0.2) is 168 Å². The molecule has 5 heteroatoms. The minimum atomic E-state index is 0.0493. The van der Waals surface area contributed by atoms with E-state index in [0.717, 1.165) is 78.2 Å². The van der Waals surface area contributed by atoms with Crippen LogP contribution in [0, 0.1) is 0 Å². The summed E-state index contributed by atoms with van der Waals surface area (Å²) in [5.41, 5.74) is 11.1. The van der Waals surface area contributed by atoms with Gasteiger partial charge in [0, 0.05) is 60.9 Å². The lowest BCUT2D eigenvalue weighted by molar-refractivity contribution is -0.0389. The van der Waals surface area contributed by atoms with Gasteiger partial charge in [0.1, 0.15) is 0 Å². The highest BCUT2D eigenvalue weighted by Crippen LogP contribution is 2.44. The van der Waals surface area contributed by atoms with Crippen molar-refractivity contribution in [2.75, 3.05) is 39.4 Å². The third-order valence-electron chi connectivity index (χ3n) is 12.1. The summed E-state index contributed by atoms with van der Waals surface area (Å²) in [4.78, 5) is 7.88. The lowest BCUT2D eigenvalue weighted by Gasteiger charge is -2.38. The zero-order valence-corrected chi connectivity index (χ0v) is 35.7. The van der Waals surface area contributed by atoms with Crippen LogP contribution in [0.5, 0.6) is 0 Å². The maximum Gasteiger partial charge on any atom is 0.0811 e. The number of benzene rings is 6. The Labute approximate surface area is 357 Å². The van der Waals surface area contributed by atoms with Crippen molar-refractivity contribution in [2.24, 2.45) is 0 Å². The van der Waals surface area contributed by atoms with Crippen molar-refractivity contribution >= 4 is 11.8 Å². The van der Waals surface area contributed by atoms with Crippen molar-refractivity contribution in [3.8, 4) is 0 Å². The van der Waals surface area contributed by atoms with Crippen molar-refractivity contribution in [1.29, 1.82) is 0 Å². The van der Waals surface area contributed by atoms with Crippen molar-refractivity contribution in [1.82, 2.24) is 9.80 Å². The van der Waals surface area contributed by atoms with E-state index in [-0.39, 0.29) is 24.0 Å². The van der Waals surface area contributed by atoms with Gasteiger partial charge >= 0.3 is 0 Å². The minimum absolute atomic E-state index is 0.0493. The third kappa shape index (κ3) is 10.3. The predicted molar refractivity (Wildman–Crippen MR) is 244 cm³/mol. The van der Waals surface area contributed by atoms with E-state index in [2.05, 4.69) is 181 Å². The molecule has 0 amide bonds. The van der Waals surface area contributed by atoms with E-state index in [1.807, 2.05) is 11.8 Å². The Morgan fingerprint density at radius 2 is 0.881 bits per heavy atom. The Balaban J connectivity index is 1.14. The summed E-state index contributed by atoms with van der Waals surface area (Å²) in [6.07, 6.45) is 4.29. The van der Waals surface area contributed by atoms with Gasteiger partial charge in [0.05, 0.1) is 25.4 Å². The monoisotopic (exact) mass is 800 g/mol. The van der Waals surface area contributed by atoms with E-state index < -0.39 is 0 Å². The van der Waals surface area contributed by atoms with Gasteiger partial charge < -0.3 is 9.47 Å². The fraction of sp³-hybridized carbons (Fsp3) is 0.333. The molecule has 0 spiro atoms. The molecule has 0 aliphatic carbocycles. The Hall–Kier alpha value is -4.49. The van der Waals surface area contributed by atoms with E-state index in [9.17, 15) is 0 Å². The van der Waals surface area contributed by atoms with E-state index >= 15 is 0 Å². The zero-order valence-electron chi connectivity index (χ0n) is 34.9. The van der Waals surface area contributed by atoms with Gasteiger partial charge in [-0.3, -0.25) is 9.80 Å². The molecule has 304 valence electrons. The maximum atomic E-state index is 6.78. The summed E-state index contributed by atoms with van der Waals surface area (Å²) in [5.74, 6) is 0.256. The van der Waals surface area contributed by atoms with E-state index in [0.29, 0.717) is 0 Å². The number of hydrogen-bond donors (Lipinski definition) is 0. The molecule has 6 aromatic carbocycles. The van der Waals surface area contributed by atoms with Gasteiger partial charge in [0.2, 0.25) is 0 Å². The number of ether oxygens (including phenoxy) is 2.